The monoisotopic (exact) mass is 331 g/mol. The molecule has 0 atom stereocenters. The number of halogens is 2. The van der Waals surface area contributed by atoms with Gasteiger partial charge in [0.05, 0.1) is 12.1 Å². The third kappa shape index (κ3) is 6.16. The SMILES string of the molecule is COc1cc(CNCC(C)C)cc(Cl)c1OC/C(C)=C/Cl. The molecule has 0 saturated carbocycles. The van der Waals surface area contributed by atoms with Gasteiger partial charge < -0.3 is 14.8 Å². The second kappa shape index (κ2) is 9.19. The van der Waals surface area contributed by atoms with Crippen molar-refractivity contribution in [2.24, 2.45) is 5.92 Å². The van der Waals surface area contributed by atoms with Crippen LogP contribution in [0, 0.1) is 5.92 Å². The Labute approximate surface area is 137 Å². The molecule has 0 aliphatic rings. The summed E-state index contributed by atoms with van der Waals surface area (Å²) in [6.07, 6.45) is 0. The van der Waals surface area contributed by atoms with Crippen LogP contribution in [0.5, 0.6) is 11.5 Å². The maximum Gasteiger partial charge on any atom is 0.180 e. The maximum absolute atomic E-state index is 6.30. The average Bonchev–Trinajstić information content (AvgIpc) is 2.44. The fourth-order valence-corrected chi connectivity index (χ4v) is 2.09. The first-order valence-corrected chi connectivity index (χ1v) is 7.75. The Bertz CT molecular complexity index is 487. The lowest BCUT2D eigenvalue weighted by Gasteiger charge is -2.15. The van der Waals surface area contributed by atoms with Crippen molar-refractivity contribution in [3.05, 3.63) is 33.8 Å². The first-order valence-electron chi connectivity index (χ1n) is 6.93. The molecule has 21 heavy (non-hydrogen) atoms. The molecule has 0 unspecified atom stereocenters. The van der Waals surface area contributed by atoms with Crippen LogP contribution in [0.15, 0.2) is 23.2 Å². The van der Waals surface area contributed by atoms with Gasteiger partial charge in [0.2, 0.25) is 0 Å². The van der Waals surface area contributed by atoms with Crippen molar-refractivity contribution < 1.29 is 9.47 Å². The Morgan fingerprint density at radius 2 is 2.10 bits per heavy atom. The number of nitrogens with one attached hydrogen (secondary N) is 1. The highest BCUT2D eigenvalue weighted by Gasteiger charge is 2.12. The zero-order valence-electron chi connectivity index (χ0n) is 13.0. The predicted octanol–water partition coefficient (Wildman–Crippen LogP) is 4.62. The lowest BCUT2D eigenvalue weighted by molar-refractivity contribution is 0.319. The first kappa shape index (κ1) is 18.1. The molecule has 0 amide bonds. The van der Waals surface area contributed by atoms with Gasteiger partial charge in [-0.1, -0.05) is 37.0 Å². The van der Waals surface area contributed by atoms with E-state index in [1.165, 1.54) is 5.54 Å². The van der Waals surface area contributed by atoms with Crippen LogP contribution >= 0.6 is 23.2 Å². The van der Waals surface area contributed by atoms with Gasteiger partial charge in [-0.05, 0) is 42.7 Å². The molecule has 0 spiro atoms. The van der Waals surface area contributed by atoms with Crippen molar-refractivity contribution in [3.63, 3.8) is 0 Å². The molecule has 1 rings (SSSR count). The second-order valence-corrected chi connectivity index (χ2v) is 6.00. The number of rotatable bonds is 8. The summed E-state index contributed by atoms with van der Waals surface area (Å²) in [7, 11) is 1.61. The molecule has 1 aromatic carbocycles. The lowest BCUT2D eigenvalue weighted by Crippen LogP contribution is -2.19. The summed E-state index contributed by atoms with van der Waals surface area (Å²) in [6.45, 7) is 8.31. The smallest absolute Gasteiger partial charge is 0.180 e. The fourth-order valence-electron chi connectivity index (χ4n) is 1.74. The molecule has 0 saturated heterocycles. The molecule has 0 fully saturated rings. The van der Waals surface area contributed by atoms with Crippen LogP contribution in [-0.2, 0) is 6.54 Å². The zero-order chi connectivity index (χ0) is 15.8. The normalized spacial score (nSPS) is 11.9. The van der Waals surface area contributed by atoms with E-state index in [1.807, 2.05) is 19.1 Å². The molecule has 0 radical (unpaired) electrons. The van der Waals surface area contributed by atoms with Crippen molar-refractivity contribution in [3.8, 4) is 11.5 Å². The van der Waals surface area contributed by atoms with E-state index in [4.69, 9.17) is 32.7 Å². The van der Waals surface area contributed by atoms with E-state index in [1.54, 1.807) is 7.11 Å². The highest BCUT2D eigenvalue weighted by Crippen LogP contribution is 2.36. The van der Waals surface area contributed by atoms with Crippen molar-refractivity contribution in [1.29, 1.82) is 0 Å². The van der Waals surface area contributed by atoms with Gasteiger partial charge in [0, 0.05) is 12.1 Å². The van der Waals surface area contributed by atoms with E-state index >= 15 is 0 Å². The number of hydrogen-bond donors (Lipinski definition) is 1. The van der Waals surface area contributed by atoms with E-state index in [0.29, 0.717) is 29.0 Å². The Morgan fingerprint density at radius 1 is 1.38 bits per heavy atom. The molecule has 0 aliphatic heterocycles. The second-order valence-electron chi connectivity index (χ2n) is 5.38. The van der Waals surface area contributed by atoms with Crippen LogP contribution in [0.25, 0.3) is 0 Å². The summed E-state index contributed by atoms with van der Waals surface area (Å²) in [4.78, 5) is 0. The highest BCUT2D eigenvalue weighted by molar-refractivity contribution is 6.32. The van der Waals surface area contributed by atoms with Crippen molar-refractivity contribution in [1.82, 2.24) is 5.32 Å². The van der Waals surface area contributed by atoms with Gasteiger partial charge in [0.15, 0.2) is 11.5 Å². The minimum Gasteiger partial charge on any atom is -0.493 e. The number of ether oxygens (including phenoxy) is 2. The van der Waals surface area contributed by atoms with Crippen LogP contribution in [0.2, 0.25) is 5.02 Å². The number of methoxy groups -OCH3 is 1. The van der Waals surface area contributed by atoms with Gasteiger partial charge in [-0.3, -0.25) is 0 Å². The zero-order valence-corrected chi connectivity index (χ0v) is 14.5. The number of benzene rings is 1. The molecule has 0 aromatic heterocycles. The first-order chi connectivity index (χ1) is 9.97. The summed E-state index contributed by atoms with van der Waals surface area (Å²) < 4.78 is 11.0. The Kier molecular flexibility index (Phi) is 7.94. The van der Waals surface area contributed by atoms with Crippen LogP contribution in [0.1, 0.15) is 26.3 Å². The minimum absolute atomic E-state index is 0.379. The molecule has 3 nitrogen and oxygen atoms in total. The molecular formula is C16H23Cl2NO2. The predicted molar refractivity (Wildman–Crippen MR) is 89.7 cm³/mol. The van der Waals surface area contributed by atoms with Crippen LogP contribution < -0.4 is 14.8 Å². The largest absolute Gasteiger partial charge is 0.493 e. The van der Waals surface area contributed by atoms with Gasteiger partial charge in [-0.15, -0.1) is 0 Å². The maximum atomic E-state index is 6.30. The molecule has 0 heterocycles. The van der Waals surface area contributed by atoms with Gasteiger partial charge in [-0.2, -0.15) is 0 Å². The Balaban J connectivity index is 2.81. The Hall–Kier alpha value is -0.900. The topological polar surface area (TPSA) is 30.5 Å². The highest BCUT2D eigenvalue weighted by atomic mass is 35.5. The summed E-state index contributed by atoms with van der Waals surface area (Å²) in [5.41, 5.74) is 3.47. The fraction of sp³-hybridized carbons (Fsp3) is 0.500. The lowest BCUT2D eigenvalue weighted by atomic mass is 10.1. The third-order valence-electron chi connectivity index (χ3n) is 2.80. The Morgan fingerprint density at radius 3 is 2.67 bits per heavy atom. The third-order valence-corrected chi connectivity index (χ3v) is 3.45. The van der Waals surface area contributed by atoms with E-state index < -0.39 is 0 Å². The molecule has 5 heteroatoms. The van der Waals surface area contributed by atoms with Crippen LogP contribution in [0.4, 0.5) is 0 Å². The molecular weight excluding hydrogens is 309 g/mol. The molecule has 1 aromatic rings. The van der Waals surface area contributed by atoms with Crippen molar-refractivity contribution in [2.45, 2.75) is 27.3 Å². The van der Waals surface area contributed by atoms with Crippen LogP contribution in [0.3, 0.4) is 0 Å². The summed E-state index contributed by atoms with van der Waals surface area (Å²) in [5, 5.41) is 3.92. The molecule has 1 N–H and O–H groups in total. The van der Waals surface area contributed by atoms with E-state index in [-0.39, 0.29) is 0 Å². The summed E-state index contributed by atoms with van der Waals surface area (Å²) in [5.74, 6) is 1.78. The van der Waals surface area contributed by atoms with Gasteiger partial charge in [-0.25, -0.2) is 0 Å². The molecule has 0 bridgehead atoms. The van der Waals surface area contributed by atoms with Gasteiger partial charge >= 0.3 is 0 Å². The van der Waals surface area contributed by atoms with Crippen molar-refractivity contribution in [2.75, 3.05) is 20.3 Å². The van der Waals surface area contributed by atoms with E-state index in [0.717, 1.165) is 24.2 Å². The summed E-state index contributed by atoms with van der Waals surface area (Å²) >= 11 is 11.9. The minimum atomic E-state index is 0.379. The van der Waals surface area contributed by atoms with E-state index in [2.05, 4.69) is 19.2 Å². The van der Waals surface area contributed by atoms with E-state index in [9.17, 15) is 0 Å². The van der Waals surface area contributed by atoms with Gasteiger partial charge in [0.1, 0.15) is 6.61 Å². The standard InChI is InChI=1S/C16H23Cl2NO2/c1-11(2)8-19-9-13-5-14(18)16(15(6-13)20-4)21-10-12(3)7-17/h5-7,11,19H,8-10H2,1-4H3/b12-7+. The average molecular weight is 332 g/mol. The molecule has 118 valence electrons. The number of hydrogen-bond acceptors (Lipinski definition) is 3. The van der Waals surface area contributed by atoms with Crippen molar-refractivity contribution >= 4 is 23.2 Å². The van der Waals surface area contributed by atoms with Gasteiger partial charge in [0.25, 0.3) is 0 Å². The quantitative estimate of drug-likeness (QED) is 0.754. The summed E-state index contributed by atoms with van der Waals surface area (Å²) in [6, 6.07) is 3.83. The van der Waals surface area contributed by atoms with Crippen LogP contribution in [-0.4, -0.2) is 20.3 Å². The molecule has 0 aliphatic carbocycles.